The summed E-state index contributed by atoms with van der Waals surface area (Å²) in [6.07, 6.45) is 0.00853. The normalized spacial score (nSPS) is 24.2. The SMILES string of the molecule is COc1ccccc1[C@@H]1O[C@@]1(C)c1nc2ccccc2s1. The number of hydrogen-bond acceptors (Lipinski definition) is 4. The van der Waals surface area contributed by atoms with Crippen LogP contribution < -0.4 is 4.74 Å². The van der Waals surface area contributed by atoms with Gasteiger partial charge in [0, 0.05) is 5.56 Å². The lowest BCUT2D eigenvalue weighted by molar-refractivity contribution is 0.311. The van der Waals surface area contributed by atoms with Crippen molar-refractivity contribution in [2.75, 3.05) is 7.11 Å². The maximum Gasteiger partial charge on any atom is 0.148 e. The Labute approximate surface area is 127 Å². The number of aromatic nitrogens is 1. The van der Waals surface area contributed by atoms with Gasteiger partial charge in [0.2, 0.25) is 0 Å². The summed E-state index contributed by atoms with van der Waals surface area (Å²) in [5, 5.41) is 1.03. The molecule has 0 saturated carbocycles. The van der Waals surface area contributed by atoms with Crippen LogP contribution in [-0.2, 0) is 10.3 Å². The summed E-state index contributed by atoms with van der Waals surface area (Å²) in [7, 11) is 1.69. The van der Waals surface area contributed by atoms with Gasteiger partial charge in [0.25, 0.3) is 0 Å². The standard InChI is InChI=1S/C17H15NO2S/c1-17(16-18-12-8-4-6-10-14(12)21-16)15(20-17)11-7-3-5-9-13(11)19-2/h3-10,15H,1-2H3/t15-,17+/m0/s1. The Bertz CT molecular complexity index is 780. The van der Waals surface area contributed by atoms with E-state index < -0.39 is 0 Å². The number of hydrogen-bond donors (Lipinski definition) is 0. The fourth-order valence-electron chi connectivity index (χ4n) is 2.70. The summed E-state index contributed by atoms with van der Waals surface area (Å²) in [6, 6.07) is 16.2. The topological polar surface area (TPSA) is 34.6 Å². The van der Waals surface area contributed by atoms with Gasteiger partial charge in [0.15, 0.2) is 0 Å². The highest BCUT2D eigenvalue weighted by Gasteiger charge is 2.57. The second-order valence-electron chi connectivity index (χ2n) is 5.33. The predicted molar refractivity (Wildman–Crippen MR) is 83.8 cm³/mol. The van der Waals surface area contributed by atoms with Crippen LogP contribution in [0.2, 0.25) is 0 Å². The van der Waals surface area contributed by atoms with Gasteiger partial charge >= 0.3 is 0 Å². The van der Waals surface area contributed by atoms with Gasteiger partial charge < -0.3 is 9.47 Å². The number of thiazole rings is 1. The Morgan fingerprint density at radius 2 is 1.90 bits per heavy atom. The van der Waals surface area contributed by atoms with Crippen molar-refractivity contribution in [3.05, 3.63) is 59.1 Å². The zero-order chi connectivity index (χ0) is 14.4. The molecule has 1 saturated heterocycles. The molecule has 0 bridgehead atoms. The molecule has 21 heavy (non-hydrogen) atoms. The average molecular weight is 297 g/mol. The molecular formula is C17H15NO2S. The Hall–Kier alpha value is -1.91. The van der Waals surface area contributed by atoms with Gasteiger partial charge in [-0.2, -0.15) is 0 Å². The minimum Gasteiger partial charge on any atom is -0.496 e. The van der Waals surface area contributed by atoms with Gasteiger partial charge in [-0.15, -0.1) is 11.3 Å². The molecule has 1 aliphatic rings. The van der Waals surface area contributed by atoms with Crippen molar-refractivity contribution >= 4 is 21.6 Å². The Kier molecular flexibility index (Phi) is 2.77. The van der Waals surface area contributed by atoms with Gasteiger partial charge in [-0.25, -0.2) is 4.98 Å². The molecule has 0 spiro atoms. The van der Waals surface area contributed by atoms with E-state index in [1.807, 2.05) is 36.4 Å². The summed E-state index contributed by atoms with van der Waals surface area (Å²) in [5.41, 5.74) is 1.77. The fraction of sp³-hybridized carbons (Fsp3) is 0.235. The van der Waals surface area contributed by atoms with Crippen molar-refractivity contribution < 1.29 is 9.47 Å². The number of epoxide rings is 1. The first-order chi connectivity index (χ1) is 10.2. The highest BCUT2D eigenvalue weighted by atomic mass is 32.1. The third-order valence-electron chi connectivity index (χ3n) is 3.95. The number of methoxy groups -OCH3 is 1. The molecule has 2 aromatic carbocycles. The Morgan fingerprint density at radius 3 is 2.71 bits per heavy atom. The van der Waals surface area contributed by atoms with Crippen LogP contribution in [0, 0.1) is 0 Å². The van der Waals surface area contributed by atoms with E-state index in [9.17, 15) is 0 Å². The number of fused-ring (bicyclic) bond motifs is 1. The van der Waals surface area contributed by atoms with Crippen LogP contribution in [0.4, 0.5) is 0 Å². The predicted octanol–water partition coefficient (Wildman–Crippen LogP) is 4.29. The summed E-state index contributed by atoms with van der Waals surface area (Å²) in [4.78, 5) is 4.73. The van der Waals surface area contributed by atoms with Crippen LogP contribution >= 0.6 is 11.3 Å². The largest absolute Gasteiger partial charge is 0.496 e. The molecule has 0 radical (unpaired) electrons. The number of para-hydroxylation sites is 2. The van der Waals surface area contributed by atoms with E-state index in [4.69, 9.17) is 14.5 Å². The smallest absolute Gasteiger partial charge is 0.148 e. The van der Waals surface area contributed by atoms with Crippen molar-refractivity contribution in [1.29, 1.82) is 0 Å². The molecule has 106 valence electrons. The third-order valence-corrected chi connectivity index (χ3v) is 5.20. The first kappa shape index (κ1) is 12.8. The zero-order valence-electron chi connectivity index (χ0n) is 11.9. The third kappa shape index (κ3) is 1.94. The van der Waals surface area contributed by atoms with Gasteiger partial charge in [-0.3, -0.25) is 0 Å². The first-order valence-corrected chi connectivity index (χ1v) is 7.71. The average Bonchev–Trinajstić information content (AvgIpc) is 3.02. The zero-order valence-corrected chi connectivity index (χ0v) is 12.7. The van der Waals surface area contributed by atoms with Crippen molar-refractivity contribution in [2.24, 2.45) is 0 Å². The molecule has 1 fully saturated rings. The van der Waals surface area contributed by atoms with Crippen LogP contribution in [0.3, 0.4) is 0 Å². The van der Waals surface area contributed by atoms with Crippen LogP contribution in [-0.4, -0.2) is 12.1 Å². The van der Waals surface area contributed by atoms with E-state index in [2.05, 4.69) is 19.1 Å². The lowest BCUT2D eigenvalue weighted by Crippen LogP contribution is -2.04. The molecule has 0 aliphatic carbocycles. The summed E-state index contributed by atoms with van der Waals surface area (Å²) < 4.78 is 12.7. The van der Waals surface area contributed by atoms with Crippen molar-refractivity contribution in [2.45, 2.75) is 18.6 Å². The monoisotopic (exact) mass is 297 g/mol. The van der Waals surface area contributed by atoms with Crippen LogP contribution in [0.25, 0.3) is 10.2 Å². The number of nitrogens with zero attached hydrogens (tertiary/aromatic N) is 1. The molecular weight excluding hydrogens is 282 g/mol. The summed E-state index contributed by atoms with van der Waals surface area (Å²) in [6.45, 7) is 2.10. The quantitative estimate of drug-likeness (QED) is 0.676. The minimum absolute atomic E-state index is 0.00853. The second-order valence-corrected chi connectivity index (χ2v) is 6.36. The molecule has 0 amide bonds. The van der Waals surface area contributed by atoms with E-state index in [-0.39, 0.29) is 11.7 Å². The molecule has 4 heteroatoms. The molecule has 2 atom stereocenters. The summed E-state index contributed by atoms with van der Waals surface area (Å²) >= 11 is 1.70. The molecule has 1 aliphatic heterocycles. The van der Waals surface area contributed by atoms with Gasteiger partial charge in [-0.1, -0.05) is 30.3 Å². The van der Waals surface area contributed by atoms with Gasteiger partial charge in [-0.05, 0) is 25.1 Å². The number of ether oxygens (including phenoxy) is 2. The van der Waals surface area contributed by atoms with E-state index in [0.717, 1.165) is 21.8 Å². The molecule has 0 N–H and O–H groups in total. The van der Waals surface area contributed by atoms with Crippen molar-refractivity contribution in [3.8, 4) is 5.75 Å². The van der Waals surface area contributed by atoms with Crippen LogP contribution in [0.15, 0.2) is 48.5 Å². The Morgan fingerprint density at radius 1 is 1.14 bits per heavy atom. The van der Waals surface area contributed by atoms with Crippen molar-refractivity contribution in [3.63, 3.8) is 0 Å². The lowest BCUT2D eigenvalue weighted by atomic mass is 10.0. The van der Waals surface area contributed by atoms with E-state index in [1.54, 1.807) is 18.4 Å². The lowest BCUT2D eigenvalue weighted by Gasteiger charge is -2.07. The Balaban J connectivity index is 1.73. The second kappa shape index (κ2) is 4.55. The van der Waals surface area contributed by atoms with E-state index >= 15 is 0 Å². The highest BCUT2D eigenvalue weighted by molar-refractivity contribution is 7.18. The van der Waals surface area contributed by atoms with Gasteiger partial charge in [0.1, 0.15) is 22.5 Å². The van der Waals surface area contributed by atoms with E-state index in [0.29, 0.717) is 0 Å². The number of rotatable bonds is 3. The maximum atomic E-state index is 6.02. The molecule has 4 rings (SSSR count). The molecule has 1 aromatic heterocycles. The summed E-state index contributed by atoms with van der Waals surface area (Å²) in [5.74, 6) is 0.868. The van der Waals surface area contributed by atoms with Crippen LogP contribution in [0.1, 0.15) is 23.6 Å². The molecule has 3 nitrogen and oxygen atoms in total. The molecule has 3 aromatic rings. The molecule has 2 heterocycles. The van der Waals surface area contributed by atoms with Crippen LogP contribution in [0.5, 0.6) is 5.75 Å². The van der Waals surface area contributed by atoms with E-state index in [1.165, 1.54) is 4.70 Å². The first-order valence-electron chi connectivity index (χ1n) is 6.89. The van der Waals surface area contributed by atoms with Gasteiger partial charge in [0.05, 0.1) is 17.3 Å². The molecule has 0 unspecified atom stereocenters. The van der Waals surface area contributed by atoms with Crippen molar-refractivity contribution in [1.82, 2.24) is 4.98 Å². The fourth-order valence-corrected chi connectivity index (χ4v) is 3.78. The highest BCUT2D eigenvalue weighted by Crippen LogP contribution is 2.59. The maximum absolute atomic E-state index is 6.02. The minimum atomic E-state index is -0.349. The number of benzene rings is 2.